The van der Waals surface area contributed by atoms with Crippen molar-refractivity contribution in [2.24, 2.45) is 0 Å². The van der Waals surface area contributed by atoms with Crippen molar-refractivity contribution in [3.05, 3.63) is 54.1 Å². The first-order valence-electron chi connectivity index (χ1n) is 8.95. The van der Waals surface area contributed by atoms with Crippen molar-refractivity contribution in [1.29, 1.82) is 0 Å². The van der Waals surface area contributed by atoms with Crippen molar-refractivity contribution in [3.63, 3.8) is 0 Å². The molecule has 1 aliphatic rings. The van der Waals surface area contributed by atoms with Crippen LogP contribution in [-0.2, 0) is 14.8 Å². The van der Waals surface area contributed by atoms with E-state index in [-0.39, 0.29) is 24.0 Å². The second-order valence-electron chi connectivity index (χ2n) is 6.59. The fourth-order valence-corrected chi connectivity index (χ4v) is 4.47. The Labute approximate surface area is 160 Å². The zero-order valence-corrected chi connectivity index (χ0v) is 16.4. The number of carbonyl (C=O) groups is 1. The zero-order valence-electron chi connectivity index (χ0n) is 15.6. The third kappa shape index (κ3) is 4.31. The van der Waals surface area contributed by atoms with Crippen molar-refractivity contribution in [3.8, 4) is 5.75 Å². The lowest BCUT2D eigenvalue weighted by Gasteiger charge is -2.21. The maximum absolute atomic E-state index is 12.9. The van der Waals surface area contributed by atoms with Gasteiger partial charge in [-0.3, -0.25) is 4.79 Å². The van der Waals surface area contributed by atoms with E-state index >= 15 is 0 Å². The number of hydrogen-bond donors (Lipinski definition) is 0. The number of sulfonamides is 1. The molecule has 7 heteroatoms. The molecule has 0 bridgehead atoms. The summed E-state index contributed by atoms with van der Waals surface area (Å²) in [6.45, 7) is 2.94. The zero-order chi connectivity index (χ0) is 19.4. The molecule has 0 atom stereocenters. The summed E-state index contributed by atoms with van der Waals surface area (Å²) in [5.41, 5.74) is 1.38. The summed E-state index contributed by atoms with van der Waals surface area (Å²) < 4.78 is 32.6. The van der Waals surface area contributed by atoms with Gasteiger partial charge in [0.05, 0.1) is 4.90 Å². The Morgan fingerprint density at radius 1 is 1.15 bits per heavy atom. The number of rotatable bonds is 7. The van der Waals surface area contributed by atoms with Crippen molar-refractivity contribution in [2.45, 2.75) is 24.7 Å². The summed E-state index contributed by atoms with van der Waals surface area (Å²) in [5, 5.41) is 0. The van der Waals surface area contributed by atoms with Crippen LogP contribution in [0.3, 0.4) is 0 Å². The molecular weight excluding hydrogens is 364 g/mol. The lowest BCUT2D eigenvalue weighted by molar-refractivity contribution is -0.117. The van der Waals surface area contributed by atoms with E-state index in [1.54, 1.807) is 37.1 Å². The number of anilines is 1. The number of hydrogen-bond acceptors (Lipinski definition) is 4. The molecule has 2 aromatic carbocycles. The molecule has 0 aliphatic carbocycles. The molecule has 6 nitrogen and oxygen atoms in total. The fourth-order valence-electron chi connectivity index (χ4n) is 3.11. The first kappa shape index (κ1) is 19.4. The average molecular weight is 388 g/mol. The van der Waals surface area contributed by atoms with Crippen molar-refractivity contribution in [1.82, 2.24) is 4.31 Å². The highest BCUT2D eigenvalue weighted by atomic mass is 32.2. The molecule has 0 unspecified atom stereocenters. The summed E-state index contributed by atoms with van der Waals surface area (Å²) in [7, 11) is -2.09. The van der Waals surface area contributed by atoms with Crippen LogP contribution in [0.15, 0.2) is 53.4 Å². The van der Waals surface area contributed by atoms with E-state index in [2.05, 4.69) is 0 Å². The van der Waals surface area contributed by atoms with Gasteiger partial charge in [-0.05, 0) is 49.2 Å². The average Bonchev–Trinajstić information content (AvgIpc) is 3.08. The summed E-state index contributed by atoms with van der Waals surface area (Å²) in [6.07, 6.45) is 1.38. The van der Waals surface area contributed by atoms with Gasteiger partial charge >= 0.3 is 0 Å². The maximum atomic E-state index is 12.9. The van der Waals surface area contributed by atoms with E-state index in [1.807, 2.05) is 30.3 Å². The van der Waals surface area contributed by atoms with Crippen molar-refractivity contribution >= 4 is 21.6 Å². The predicted octanol–water partition coefficient (Wildman–Crippen LogP) is 2.82. The molecule has 1 saturated heterocycles. The van der Waals surface area contributed by atoms with Crippen LogP contribution in [0.4, 0.5) is 5.69 Å². The van der Waals surface area contributed by atoms with E-state index in [9.17, 15) is 13.2 Å². The van der Waals surface area contributed by atoms with Crippen LogP contribution in [0.5, 0.6) is 5.75 Å². The SMILES string of the molecule is Cc1cc(N2CCCC2=O)ccc1S(=O)(=O)N(C)CCOc1ccccc1. The Hall–Kier alpha value is -2.38. The monoisotopic (exact) mass is 388 g/mol. The Morgan fingerprint density at radius 2 is 1.89 bits per heavy atom. The maximum Gasteiger partial charge on any atom is 0.243 e. The molecule has 1 fully saturated rings. The third-order valence-electron chi connectivity index (χ3n) is 4.65. The van der Waals surface area contributed by atoms with Crippen molar-refractivity contribution in [2.75, 3.05) is 31.6 Å². The first-order valence-corrected chi connectivity index (χ1v) is 10.4. The second kappa shape index (κ2) is 8.10. The minimum atomic E-state index is -3.63. The molecular formula is C20H24N2O4S. The van der Waals surface area contributed by atoms with Crippen LogP contribution in [0.2, 0.25) is 0 Å². The molecule has 1 amide bonds. The van der Waals surface area contributed by atoms with E-state index < -0.39 is 10.0 Å². The number of nitrogens with zero attached hydrogens (tertiary/aromatic N) is 2. The summed E-state index contributed by atoms with van der Waals surface area (Å²) in [6, 6.07) is 14.3. The summed E-state index contributed by atoms with van der Waals surface area (Å²) in [5.74, 6) is 0.791. The Kier molecular flexibility index (Phi) is 5.82. The standard InChI is InChI=1S/C20H24N2O4S/c1-16-15-17(22-12-6-9-20(22)23)10-11-19(16)27(24,25)21(2)13-14-26-18-7-4-3-5-8-18/h3-5,7-8,10-11,15H,6,9,12-14H2,1-2H3. The topological polar surface area (TPSA) is 66.9 Å². The number of amides is 1. The van der Waals surface area contributed by atoms with Gasteiger partial charge in [0.2, 0.25) is 15.9 Å². The minimum absolute atomic E-state index is 0.0835. The van der Waals surface area contributed by atoms with Crippen LogP contribution in [-0.4, -0.2) is 45.4 Å². The molecule has 144 valence electrons. The highest BCUT2D eigenvalue weighted by molar-refractivity contribution is 7.89. The highest BCUT2D eigenvalue weighted by Crippen LogP contribution is 2.27. The van der Waals surface area contributed by atoms with Gasteiger partial charge in [-0.1, -0.05) is 18.2 Å². The van der Waals surface area contributed by atoms with Gasteiger partial charge in [0, 0.05) is 32.2 Å². The van der Waals surface area contributed by atoms with Crippen LogP contribution in [0, 0.1) is 6.92 Å². The number of ether oxygens (including phenoxy) is 1. The number of aryl methyl sites for hydroxylation is 1. The molecule has 27 heavy (non-hydrogen) atoms. The van der Waals surface area contributed by atoms with Gasteiger partial charge in [-0.25, -0.2) is 8.42 Å². The molecule has 1 heterocycles. The largest absolute Gasteiger partial charge is 0.492 e. The Morgan fingerprint density at radius 3 is 2.52 bits per heavy atom. The van der Waals surface area contributed by atoms with Crippen LogP contribution >= 0.6 is 0 Å². The molecule has 0 N–H and O–H groups in total. The van der Waals surface area contributed by atoms with Gasteiger partial charge in [0.25, 0.3) is 0 Å². The van der Waals surface area contributed by atoms with E-state index in [0.29, 0.717) is 24.3 Å². The summed E-state index contributed by atoms with van der Waals surface area (Å²) >= 11 is 0. The van der Waals surface area contributed by atoms with E-state index in [4.69, 9.17) is 4.74 Å². The normalized spacial score (nSPS) is 14.8. The Balaban J connectivity index is 1.69. The van der Waals surface area contributed by atoms with Gasteiger partial charge in [0.1, 0.15) is 12.4 Å². The smallest absolute Gasteiger partial charge is 0.243 e. The van der Waals surface area contributed by atoms with Crippen molar-refractivity contribution < 1.29 is 17.9 Å². The minimum Gasteiger partial charge on any atom is -0.492 e. The number of para-hydroxylation sites is 1. The molecule has 0 saturated carbocycles. The number of likely N-dealkylation sites (N-methyl/N-ethyl adjacent to an activating group) is 1. The summed E-state index contributed by atoms with van der Waals surface area (Å²) in [4.78, 5) is 13.9. The first-order chi connectivity index (χ1) is 12.9. The molecule has 1 aliphatic heterocycles. The molecule has 0 spiro atoms. The van der Waals surface area contributed by atoms with Gasteiger partial charge in [0.15, 0.2) is 0 Å². The number of carbonyl (C=O) groups excluding carboxylic acids is 1. The molecule has 0 aromatic heterocycles. The van der Waals surface area contributed by atoms with E-state index in [1.165, 1.54) is 4.31 Å². The van der Waals surface area contributed by atoms with Gasteiger partial charge < -0.3 is 9.64 Å². The highest BCUT2D eigenvalue weighted by Gasteiger charge is 2.26. The lowest BCUT2D eigenvalue weighted by Crippen LogP contribution is -2.31. The molecule has 0 radical (unpaired) electrons. The molecule has 2 aromatic rings. The van der Waals surface area contributed by atoms with Gasteiger partial charge in [-0.2, -0.15) is 4.31 Å². The second-order valence-corrected chi connectivity index (χ2v) is 8.60. The Bertz CT molecular complexity index is 913. The van der Waals surface area contributed by atoms with Crippen LogP contribution < -0.4 is 9.64 Å². The van der Waals surface area contributed by atoms with E-state index in [0.717, 1.165) is 12.1 Å². The van der Waals surface area contributed by atoms with Crippen LogP contribution in [0.1, 0.15) is 18.4 Å². The number of benzene rings is 2. The predicted molar refractivity (Wildman–Crippen MR) is 105 cm³/mol. The van der Waals surface area contributed by atoms with Gasteiger partial charge in [-0.15, -0.1) is 0 Å². The quantitative estimate of drug-likeness (QED) is 0.732. The fraction of sp³-hybridized carbons (Fsp3) is 0.350. The third-order valence-corrected chi connectivity index (χ3v) is 6.67. The lowest BCUT2D eigenvalue weighted by atomic mass is 10.2. The van der Waals surface area contributed by atoms with Crippen LogP contribution in [0.25, 0.3) is 0 Å². The molecule has 3 rings (SSSR count).